The number of hydrogen-bond acceptors (Lipinski definition) is 6. The molecule has 1 aliphatic carbocycles. The molecular formula is C20H21NO6. The summed E-state index contributed by atoms with van der Waals surface area (Å²) in [6.45, 7) is 3.84. The summed E-state index contributed by atoms with van der Waals surface area (Å²) >= 11 is 0. The summed E-state index contributed by atoms with van der Waals surface area (Å²) in [6, 6.07) is 6.28. The van der Waals surface area contributed by atoms with Gasteiger partial charge in [-0.2, -0.15) is 0 Å². The topological polar surface area (TPSA) is 83.8 Å². The Morgan fingerprint density at radius 1 is 0.889 bits per heavy atom. The van der Waals surface area contributed by atoms with Gasteiger partial charge in [0.05, 0.1) is 30.9 Å². The molecular weight excluding hydrogens is 350 g/mol. The number of ether oxygens (including phenoxy) is 3. The summed E-state index contributed by atoms with van der Waals surface area (Å²) in [4.78, 5) is 36.4. The zero-order chi connectivity index (χ0) is 19.7. The Morgan fingerprint density at radius 2 is 1.44 bits per heavy atom. The van der Waals surface area contributed by atoms with Crippen LogP contribution in [0.2, 0.25) is 0 Å². The molecule has 0 atom stereocenters. The second-order valence-corrected chi connectivity index (χ2v) is 6.50. The van der Waals surface area contributed by atoms with Crippen molar-refractivity contribution in [1.29, 1.82) is 0 Å². The number of aryl methyl sites for hydroxylation is 1. The molecule has 7 heteroatoms. The number of aromatic nitrogens is 1. The van der Waals surface area contributed by atoms with Crippen LogP contribution in [0.1, 0.15) is 61.3 Å². The van der Waals surface area contributed by atoms with Crippen LogP contribution in [0.5, 0.6) is 5.75 Å². The number of carbonyl (C=O) groups excluding carboxylic acids is 3. The van der Waals surface area contributed by atoms with Gasteiger partial charge in [0, 0.05) is 17.4 Å². The Bertz CT molecular complexity index is 889. The fourth-order valence-corrected chi connectivity index (χ4v) is 3.17. The van der Waals surface area contributed by atoms with Crippen molar-refractivity contribution in [1.82, 2.24) is 4.57 Å². The number of methoxy groups -OCH3 is 2. The molecule has 1 aromatic carbocycles. The number of rotatable bonds is 5. The molecule has 0 aliphatic heterocycles. The van der Waals surface area contributed by atoms with Gasteiger partial charge in [-0.15, -0.1) is 0 Å². The van der Waals surface area contributed by atoms with E-state index in [1.807, 2.05) is 13.8 Å². The molecule has 27 heavy (non-hydrogen) atoms. The summed E-state index contributed by atoms with van der Waals surface area (Å²) in [6.07, 6.45) is 2.21. The Balaban J connectivity index is 1.92. The molecule has 1 fully saturated rings. The number of benzene rings is 1. The third kappa shape index (κ3) is 3.72. The lowest BCUT2D eigenvalue weighted by Gasteiger charge is -2.10. The monoisotopic (exact) mass is 371 g/mol. The van der Waals surface area contributed by atoms with Gasteiger partial charge >= 0.3 is 17.9 Å². The number of nitrogens with zero attached hydrogens (tertiary/aromatic N) is 1. The second kappa shape index (κ2) is 7.26. The van der Waals surface area contributed by atoms with Crippen molar-refractivity contribution in [3.8, 4) is 5.75 Å². The number of hydrogen-bond donors (Lipinski definition) is 0. The van der Waals surface area contributed by atoms with Crippen LogP contribution in [0.15, 0.2) is 24.3 Å². The van der Waals surface area contributed by atoms with Gasteiger partial charge in [-0.3, -0.25) is 0 Å². The fourth-order valence-electron chi connectivity index (χ4n) is 3.17. The first-order valence-corrected chi connectivity index (χ1v) is 8.58. The molecule has 0 saturated heterocycles. The Hall–Kier alpha value is -3.09. The van der Waals surface area contributed by atoms with Gasteiger partial charge in [0.15, 0.2) is 0 Å². The van der Waals surface area contributed by atoms with E-state index in [2.05, 4.69) is 14.0 Å². The van der Waals surface area contributed by atoms with Crippen LogP contribution in [-0.4, -0.2) is 36.7 Å². The van der Waals surface area contributed by atoms with Gasteiger partial charge in [0.1, 0.15) is 5.75 Å². The molecule has 0 spiro atoms. The van der Waals surface area contributed by atoms with E-state index in [9.17, 15) is 14.4 Å². The summed E-state index contributed by atoms with van der Waals surface area (Å²) < 4.78 is 17.0. The first kappa shape index (κ1) is 18.7. The Morgan fingerprint density at radius 3 is 1.93 bits per heavy atom. The van der Waals surface area contributed by atoms with Crippen LogP contribution in [0.25, 0.3) is 0 Å². The van der Waals surface area contributed by atoms with Crippen LogP contribution in [0.4, 0.5) is 0 Å². The molecule has 0 unspecified atom stereocenters. The first-order valence-electron chi connectivity index (χ1n) is 8.58. The summed E-state index contributed by atoms with van der Waals surface area (Å²) in [7, 11) is 2.46. The maximum absolute atomic E-state index is 12.7. The van der Waals surface area contributed by atoms with Crippen molar-refractivity contribution in [2.24, 2.45) is 0 Å². The second-order valence-electron chi connectivity index (χ2n) is 6.50. The van der Waals surface area contributed by atoms with Crippen molar-refractivity contribution in [2.45, 2.75) is 32.7 Å². The highest BCUT2D eigenvalue weighted by Gasteiger charge is 2.29. The lowest BCUT2D eigenvalue weighted by atomic mass is 10.1. The molecule has 1 heterocycles. The molecule has 0 amide bonds. The molecule has 0 radical (unpaired) electrons. The zero-order valence-corrected chi connectivity index (χ0v) is 15.7. The smallest absolute Gasteiger partial charge is 0.345 e. The molecule has 7 nitrogen and oxygen atoms in total. The highest BCUT2D eigenvalue weighted by atomic mass is 16.5. The molecule has 142 valence electrons. The third-order valence-electron chi connectivity index (χ3n) is 4.58. The van der Waals surface area contributed by atoms with E-state index >= 15 is 0 Å². The quantitative estimate of drug-likeness (QED) is 0.593. The predicted octanol–water partition coefficient (Wildman–Crippen LogP) is 3.23. The standard InChI is InChI=1S/C20H21NO6/c1-11-7-17(12(2)21(11)15-5-6-15)20(24)27-16-9-13(18(22)25-3)8-14(10-16)19(23)26-4/h7-10,15H,5-6H2,1-4H3. The average Bonchev–Trinajstić information content (AvgIpc) is 3.44. The minimum absolute atomic E-state index is 0.0690. The van der Waals surface area contributed by atoms with Crippen LogP contribution < -0.4 is 4.74 Å². The van der Waals surface area contributed by atoms with E-state index in [4.69, 9.17) is 4.74 Å². The van der Waals surface area contributed by atoms with E-state index in [1.165, 1.54) is 32.4 Å². The third-order valence-corrected chi connectivity index (χ3v) is 4.58. The normalized spacial score (nSPS) is 13.2. The van der Waals surface area contributed by atoms with E-state index < -0.39 is 17.9 Å². The lowest BCUT2D eigenvalue weighted by molar-refractivity contribution is 0.0593. The molecule has 1 saturated carbocycles. The predicted molar refractivity (Wildman–Crippen MR) is 96.3 cm³/mol. The van der Waals surface area contributed by atoms with E-state index in [0.29, 0.717) is 11.6 Å². The lowest BCUT2D eigenvalue weighted by Crippen LogP contribution is -2.12. The first-order chi connectivity index (χ1) is 12.8. The molecule has 3 rings (SSSR count). The van der Waals surface area contributed by atoms with Gasteiger partial charge < -0.3 is 18.8 Å². The van der Waals surface area contributed by atoms with E-state index in [-0.39, 0.29) is 16.9 Å². The molecule has 0 N–H and O–H groups in total. The van der Waals surface area contributed by atoms with Gasteiger partial charge in [-0.25, -0.2) is 14.4 Å². The highest BCUT2D eigenvalue weighted by Crippen LogP contribution is 2.38. The van der Waals surface area contributed by atoms with E-state index in [1.54, 1.807) is 6.07 Å². The Kier molecular flexibility index (Phi) is 5.03. The van der Waals surface area contributed by atoms with Crippen molar-refractivity contribution in [3.05, 3.63) is 52.3 Å². The van der Waals surface area contributed by atoms with Crippen LogP contribution >= 0.6 is 0 Å². The van der Waals surface area contributed by atoms with Crippen LogP contribution in [0, 0.1) is 13.8 Å². The van der Waals surface area contributed by atoms with Gasteiger partial charge in [-0.1, -0.05) is 0 Å². The highest BCUT2D eigenvalue weighted by molar-refractivity contribution is 5.97. The maximum atomic E-state index is 12.7. The average molecular weight is 371 g/mol. The van der Waals surface area contributed by atoms with Crippen molar-refractivity contribution in [2.75, 3.05) is 14.2 Å². The minimum atomic E-state index is -0.648. The Labute approximate surface area is 156 Å². The SMILES string of the molecule is COC(=O)c1cc(OC(=O)c2cc(C)n(C3CC3)c2C)cc(C(=O)OC)c1. The molecule has 2 aromatic rings. The zero-order valence-electron chi connectivity index (χ0n) is 15.7. The van der Waals surface area contributed by atoms with Crippen molar-refractivity contribution in [3.63, 3.8) is 0 Å². The van der Waals surface area contributed by atoms with E-state index in [0.717, 1.165) is 24.2 Å². The van der Waals surface area contributed by atoms with Crippen LogP contribution in [0.3, 0.4) is 0 Å². The molecule has 0 bridgehead atoms. The van der Waals surface area contributed by atoms with Gasteiger partial charge in [0.25, 0.3) is 0 Å². The van der Waals surface area contributed by atoms with Gasteiger partial charge in [0.2, 0.25) is 0 Å². The number of carbonyl (C=O) groups is 3. The minimum Gasteiger partial charge on any atom is -0.465 e. The van der Waals surface area contributed by atoms with Crippen molar-refractivity contribution < 1.29 is 28.6 Å². The van der Waals surface area contributed by atoms with Crippen molar-refractivity contribution >= 4 is 17.9 Å². The van der Waals surface area contributed by atoms with Gasteiger partial charge in [-0.05, 0) is 51.0 Å². The summed E-state index contributed by atoms with van der Waals surface area (Å²) in [5.74, 6) is -1.78. The summed E-state index contributed by atoms with van der Waals surface area (Å²) in [5.41, 5.74) is 2.48. The fraction of sp³-hybridized carbons (Fsp3) is 0.350. The number of esters is 3. The van der Waals surface area contributed by atoms with Crippen LogP contribution in [-0.2, 0) is 9.47 Å². The summed E-state index contributed by atoms with van der Waals surface area (Å²) in [5, 5.41) is 0. The maximum Gasteiger partial charge on any atom is 0.345 e. The largest absolute Gasteiger partial charge is 0.465 e. The molecule has 1 aromatic heterocycles. The molecule has 1 aliphatic rings.